The zero-order chi connectivity index (χ0) is 19.6. The van der Waals surface area contributed by atoms with Gasteiger partial charge in [0.25, 0.3) is 0 Å². The minimum atomic E-state index is -0.891. The minimum Gasteiger partial charge on any atom is -0.481 e. The van der Waals surface area contributed by atoms with Crippen molar-refractivity contribution in [2.45, 2.75) is 96.2 Å². The summed E-state index contributed by atoms with van der Waals surface area (Å²) in [5.74, 6) is -0.137. The molecule has 5 unspecified atom stereocenters. The molecule has 0 amide bonds. The Kier molecular flexibility index (Phi) is 9.56. The van der Waals surface area contributed by atoms with E-state index in [4.69, 9.17) is 9.94 Å². The van der Waals surface area contributed by atoms with E-state index in [-0.39, 0.29) is 43.0 Å². The number of carboxylic acid groups (broad SMARTS) is 1. The van der Waals surface area contributed by atoms with E-state index in [0.717, 1.165) is 44.2 Å². The molecular weight excluding hydrogens is 346 g/mol. The predicted octanol–water partition coefficient (Wildman–Crippen LogP) is 3.74. The van der Waals surface area contributed by atoms with Gasteiger partial charge in [-0.3, -0.25) is 4.79 Å². The van der Waals surface area contributed by atoms with E-state index in [1.54, 1.807) is 0 Å². The lowest BCUT2D eigenvalue weighted by Gasteiger charge is -2.33. The van der Waals surface area contributed by atoms with Crippen molar-refractivity contribution in [2.75, 3.05) is 6.61 Å². The molecule has 3 N–H and O–H groups in total. The van der Waals surface area contributed by atoms with Crippen molar-refractivity contribution in [1.29, 1.82) is 0 Å². The number of aliphatic carboxylic acids is 1. The summed E-state index contributed by atoms with van der Waals surface area (Å²) in [5.41, 5.74) is 0.958. The zero-order valence-corrected chi connectivity index (χ0v) is 16.7. The Morgan fingerprint density at radius 3 is 2.70 bits per heavy atom. The van der Waals surface area contributed by atoms with Crippen molar-refractivity contribution in [1.82, 2.24) is 0 Å². The molecule has 0 aromatic heterocycles. The topological polar surface area (TPSA) is 99.4 Å². The summed E-state index contributed by atoms with van der Waals surface area (Å²) in [6, 6.07) is 0. The highest BCUT2D eigenvalue weighted by Gasteiger charge is 2.51. The van der Waals surface area contributed by atoms with Crippen LogP contribution in [0.3, 0.4) is 0 Å². The molecule has 6 heteroatoms. The Morgan fingerprint density at radius 2 is 1.96 bits per heavy atom. The molecule has 0 aromatic rings. The lowest BCUT2D eigenvalue weighted by molar-refractivity contribution is -0.138. The van der Waals surface area contributed by atoms with Gasteiger partial charge in [-0.05, 0) is 43.9 Å². The number of carboxylic acids is 1. The minimum absolute atomic E-state index is 0.0490. The first-order valence-electron chi connectivity index (χ1n) is 10.8. The van der Waals surface area contributed by atoms with E-state index in [2.05, 4.69) is 12.1 Å². The highest BCUT2D eigenvalue weighted by Crippen LogP contribution is 2.49. The van der Waals surface area contributed by atoms with Gasteiger partial charge in [-0.15, -0.1) is 0 Å². The first-order valence-corrected chi connectivity index (χ1v) is 10.8. The van der Waals surface area contributed by atoms with E-state index in [9.17, 15) is 15.0 Å². The molecule has 2 aliphatic carbocycles. The summed E-state index contributed by atoms with van der Waals surface area (Å²) in [7, 11) is 0. The SMILES string of the molecule is CCCCCCCCC(O)CCC1CC2C(=NOCCC(=O)O)CC2C1O. The molecular formula is C21H37NO5. The molecule has 6 nitrogen and oxygen atoms in total. The standard InChI is InChI=1S/C21H37NO5/c1-2-3-4-5-6-7-8-16(23)10-9-15-13-17-18(21(15)26)14-19(17)22-27-12-11-20(24)25/h15-18,21,23,26H,2-14H2,1H3,(H,24,25). The Morgan fingerprint density at radius 1 is 1.22 bits per heavy atom. The molecule has 0 aliphatic heterocycles. The molecule has 0 saturated heterocycles. The molecule has 2 rings (SSSR count). The molecule has 0 heterocycles. The highest BCUT2D eigenvalue weighted by molar-refractivity contribution is 5.93. The third-order valence-electron chi connectivity index (χ3n) is 6.22. The van der Waals surface area contributed by atoms with Gasteiger partial charge in [-0.25, -0.2) is 0 Å². The van der Waals surface area contributed by atoms with Crippen LogP contribution in [0.5, 0.6) is 0 Å². The number of hydrogen-bond donors (Lipinski definition) is 3. The van der Waals surface area contributed by atoms with Crippen molar-refractivity contribution in [3.8, 4) is 0 Å². The summed E-state index contributed by atoms with van der Waals surface area (Å²) < 4.78 is 0. The number of aliphatic hydroxyl groups is 2. The molecule has 156 valence electrons. The fourth-order valence-corrected chi connectivity index (χ4v) is 4.47. The number of hydrogen-bond acceptors (Lipinski definition) is 5. The summed E-state index contributed by atoms with van der Waals surface area (Å²) in [6.07, 6.45) is 10.9. The van der Waals surface area contributed by atoms with Gasteiger partial charge in [-0.1, -0.05) is 50.6 Å². The fraction of sp³-hybridized carbons (Fsp3) is 0.905. The van der Waals surface area contributed by atoms with E-state index in [1.807, 2.05) is 0 Å². The molecule has 0 aromatic carbocycles. The second-order valence-electron chi connectivity index (χ2n) is 8.31. The average Bonchev–Trinajstić information content (AvgIpc) is 2.86. The first-order chi connectivity index (χ1) is 13.0. The quantitative estimate of drug-likeness (QED) is 0.313. The third kappa shape index (κ3) is 7.07. The number of rotatable bonds is 14. The van der Waals surface area contributed by atoms with Gasteiger partial charge in [-0.2, -0.15) is 0 Å². The number of nitrogens with zero attached hydrogens (tertiary/aromatic N) is 1. The van der Waals surface area contributed by atoms with Crippen LogP contribution < -0.4 is 0 Å². The Labute approximate surface area is 163 Å². The highest BCUT2D eigenvalue weighted by atomic mass is 16.6. The summed E-state index contributed by atoms with van der Waals surface area (Å²) in [4.78, 5) is 15.6. The van der Waals surface area contributed by atoms with E-state index in [1.165, 1.54) is 32.1 Å². The van der Waals surface area contributed by atoms with E-state index in [0.29, 0.717) is 0 Å². The van der Waals surface area contributed by atoms with Crippen LogP contribution >= 0.6 is 0 Å². The Hall–Kier alpha value is -1.14. The van der Waals surface area contributed by atoms with Crippen LogP contribution in [0.1, 0.15) is 84.0 Å². The van der Waals surface area contributed by atoms with Crippen LogP contribution in [-0.2, 0) is 9.63 Å². The van der Waals surface area contributed by atoms with Gasteiger partial charge in [0.1, 0.15) is 6.61 Å². The summed E-state index contributed by atoms with van der Waals surface area (Å²) >= 11 is 0. The second-order valence-corrected chi connectivity index (χ2v) is 8.31. The van der Waals surface area contributed by atoms with Gasteiger partial charge in [0.15, 0.2) is 0 Å². The molecule has 2 saturated carbocycles. The monoisotopic (exact) mass is 383 g/mol. The number of oxime groups is 1. The molecule has 0 bridgehead atoms. The third-order valence-corrected chi connectivity index (χ3v) is 6.22. The molecule has 2 fully saturated rings. The lowest BCUT2D eigenvalue weighted by Crippen LogP contribution is -2.38. The van der Waals surface area contributed by atoms with Crippen LogP contribution in [0.15, 0.2) is 5.16 Å². The van der Waals surface area contributed by atoms with Crippen molar-refractivity contribution in [3.05, 3.63) is 0 Å². The van der Waals surface area contributed by atoms with Crippen LogP contribution in [0, 0.1) is 17.8 Å². The van der Waals surface area contributed by atoms with Gasteiger partial charge >= 0.3 is 5.97 Å². The average molecular weight is 384 g/mol. The molecule has 5 atom stereocenters. The maximum absolute atomic E-state index is 10.5. The van der Waals surface area contributed by atoms with Crippen molar-refractivity contribution < 1.29 is 25.0 Å². The first kappa shape index (κ1) is 22.2. The van der Waals surface area contributed by atoms with Crippen LogP contribution in [-0.4, -0.2) is 45.8 Å². The van der Waals surface area contributed by atoms with Crippen LogP contribution in [0.25, 0.3) is 0 Å². The number of aliphatic hydroxyl groups excluding tert-OH is 2. The lowest BCUT2D eigenvalue weighted by atomic mass is 9.73. The summed E-state index contributed by atoms with van der Waals surface area (Å²) in [6.45, 7) is 2.31. The van der Waals surface area contributed by atoms with Crippen molar-refractivity contribution in [3.63, 3.8) is 0 Å². The number of fused-ring (bicyclic) bond motifs is 1. The van der Waals surface area contributed by atoms with Crippen LogP contribution in [0.4, 0.5) is 0 Å². The van der Waals surface area contributed by atoms with E-state index < -0.39 is 5.97 Å². The van der Waals surface area contributed by atoms with Crippen molar-refractivity contribution in [2.24, 2.45) is 22.9 Å². The molecule has 2 aliphatic rings. The van der Waals surface area contributed by atoms with E-state index >= 15 is 0 Å². The molecule has 0 radical (unpaired) electrons. The fourth-order valence-electron chi connectivity index (χ4n) is 4.47. The van der Waals surface area contributed by atoms with Crippen molar-refractivity contribution >= 4 is 11.7 Å². The zero-order valence-electron chi connectivity index (χ0n) is 16.7. The Balaban J connectivity index is 1.60. The van der Waals surface area contributed by atoms with Crippen LogP contribution in [0.2, 0.25) is 0 Å². The molecule has 27 heavy (non-hydrogen) atoms. The van der Waals surface area contributed by atoms with Gasteiger partial charge in [0.05, 0.1) is 24.3 Å². The van der Waals surface area contributed by atoms with Gasteiger partial charge in [0.2, 0.25) is 0 Å². The van der Waals surface area contributed by atoms with Gasteiger partial charge < -0.3 is 20.2 Å². The maximum atomic E-state index is 10.5. The van der Waals surface area contributed by atoms with Gasteiger partial charge in [0, 0.05) is 5.92 Å². The second kappa shape index (κ2) is 11.6. The number of carbonyl (C=O) groups is 1. The predicted molar refractivity (Wildman–Crippen MR) is 105 cm³/mol. The number of unbranched alkanes of at least 4 members (excludes halogenated alkanes) is 5. The summed E-state index contributed by atoms with van der Waals surface area (Å²) in [5, 5.41) is 33.4. The Bertz CT molecular complexity index is 481. The normalized spacial score (nSPS) is 29.4. The largest absolute Gasteiger partial charge is 0.481 e. The maximum Gasteiger partial charge on any atom is 0.306 e. The molecule has 0 spiro atoms. The smallest absolute Gasteiger partial charge is 0.306 e.